The second-order valence-electron chi connectivity index (χ2n) is 9.31. The lowest BCUT2D eigenvalue weighted by molar-refractivity contribution is -0.274. The Labute approximate surface area is 213 Å². The van der Waals surface area contributed by atoms with Gasteiger partial charge in [0.25, 0.3) is 0 Å². The fourth-order valence-electron chi connectivity index (χ4n) is 4.76. The van der Waals surface area contributed by atoms with Crippen molar-refractivity contribution in [1.82, 2.24) is 14.8 Å². The van der Waals surface area contributed by atoms with Gasteiger partial charge in [0.2, 0.25) is 0 Å². The highest BCUT2D eigenvalue weighted by Crippen LogP contribution is 2.31. The zero-order valence-corrected chi connectivity index (χ0v) is 20.5. The van der Waals surface area contributed by atoms with Crippen molar-refractivity contribution >= 4 is 17.5 Å². The average Bonchev–Trinajstić information content (AvgIpc) is 2.88. The van der Waals surface area contributed by atoms with E-state index in [1.807, 2.05) is 0 Å². The van der Waals surface area contributed by atoms with Crippen LogP contribution in [-0.4, -0.2) is 66.9 Å². The summed E-state index contributed by atoms with van der Waals surface area (Å²) >= 11 is 0. The van der Waals surface area contributed by atoms with Crippen LogP contribution in [0.3, 0.4) is 0 Å². The second-order valence-corrected chi connectivity index (χ2v) is 9.31. The van der Waals surface area contributed by atoms with E-state index in [4.69, 9.17) is 0 Å². The first-order chi connectivity index (χ1) is 17.7. The fourth-order valence-corrected chi connectivity index (χ4v) is 4.76. The number of nitrogens with zero attached hydrogens (tertiary/aromatic N) is 4. The molecule has 10 heteroatoms. The number of amides is 2. The number of likely N-dealkylation sites (N-methyl/N-ethyl adjacent to an activating group) is 1. The second kappa shape index (κ2) is 10.3. The maximum Gasteiger partial charge on any atom is 0.573 e. The van der Waals surface area contributed by atoms with E-state index < -0.39 is 6.36 Å². The van der Waals surface area contributed by atoms with Crippen LogP contribution in [0, 0.1) is 0 Å². The molecule has 2 aliphatic rings. The molecule has 1 fully saturated rings. The lowest BCUT2D eigenvalue weighted by Gasteiger charge is -2.38. The first-order valence-corrected chi connectivity index (χ1v) is 12.2. The third kappa shape index (κ3) is 5.96. The maximum atomic E-state index is 13.1. The van der Waals surface area contributed by atoms with Crippen LogP contribution in [0.15, 0.2) is 60.8 Å². The molecule has 37 heavy (non-hydrogen) atoms. The number of aromatic nitrogens is 1. The van der Waals surface area contributed by atoms with E-state index in [9.17, 15) is 18.0 Å². The number of urea groups is 1. The minimum Gasteiger partial charge on any atom is -0.406 e. The van der Waals surface area contributed by atoms with Gasteiger partial charge in [-0.25, -0.2) is 9.78 Å². The number of nitrogens with one attached hydrogen (secondary N) is 1. The summed E-state index contributed by atoms with van der Waals surface area (Å²) in [7, 11) is 2.13. The van der Waals surface area contributed by atoms with Crippen LogP contribution >= 0.6 is 0 Å². The van der Waals surface area contributed by atoms with Crippen molar-refractivity contribution in [2.75, 3.05) is 50.0 Å². The zero-order chi connectivity index (χ0) is 26.0. The maximum absolute atomic E-state index is 13.1. The van der Waals surface area contributed by atoms with Crippen LogP contribution in [0.1, 0.15) is 11.1 Å². The monoisotopic (exact) mass is 511 g/mol. The molecule has 5 rings (SSSR count). The van der Waals surface area contributed by atoms with Crippen molar-refractivity contribution in [2.45, 2.75) is 19.3 Å². The number of piperazine rings is 1. The van der Waals surface area contributed by atoms with E-state index in [-0.39, 0.29) is 11.8 Å². The summed E-state index contributed by atoms with van der Waals surface area (Å²) in [6.07, 6.45) is -2.36. The van der Waals surface area contributed by atoms with Crippen LogP contribution in [0.25, 0.3) is 11.1 Å². The standard InChI is InChI=1S/C27H28F3N5O2/c1-33-13-15-34(16-14-33)24-4-2-3-20-11-12-35(18-23(20)24)26(36)32-25-10-7-21(17-31-25)19-5-8-22(9-6-19)37-27(28,29)30/h2-10,17H,11-16,18H2,1H3,(H,31,32,36). The third-order valence-electron chi connectivity index (χ3n) is 6.80. The van der Waals surface area contributed by atoms with E-state index in [1.165, 1.54) is 41.1 Å². The largest absolute Gasteiger partial charge is 0.573 e. The average molecular weight is 512 g/mol. The molecule has 0 aliphatic carbocycles. The number of halogens is 3. The van der Waals surface area contributed by atoms with Gasteiger partial charge in [0.1, 0.15) is 11.6 Å². The molecule has 1 N–H and O–H groups in total. The summed E-state index contributed by atoms with van der Waals surface area (Å²) in [6.45, 7) is 5.12. The Hall–Kier alpha value is -3.79. The Kier molecular flexibility index (Phi) is 6.92. The SMILES string of the molecule is CN1CCN(c2cccc3c2CN(C(=O)Nc2ccc(-c4ccc(OC(F)(F)F)cc4)cn2)CC3)CC1. The minimum atomic E-state index is -4.73. The van der Waals surface area contributed by atoms with Crippen molar-refractivity contribution in [1.29, 1.82) is 0 Å². The van der Waals surface area contributed by atoms with Crippen molar-refractivity contribution in [2.24, 2.45) is 0 Å². The van der Waals surface area contributed by atoms with Crippen LogP contribution in [0.5, 0.6) is 5.75 Å². The van der Waals surface area contributed by atoms with Crippen molar-refractivity contribution in [3.05, 3.63) is 71.9 Å². The Morgan fingerprint density at radius 1 is 0.946 bits per heavy atom. The van der Waals surface area contributed by atoms with Crippen LogP contribution in [0.4, 0.5) is 29.5 Å². The van der Waals surface area contributed by atoms with E-state index in [2.05, 4.69) is 50.1 Å². The number of alkyl halides is 3. The number of benzene rings is 2. The molecule has 2 aromatic carbocycles. The van der Waals surface area contributed by atoms with Crippen LogP contribution in [0.2, 0.25) is 0 Å². The smallest absolute Gasteiger partial charge is 0.406 e. The number of pyridine rings is 1. The number of rotatable bonds is 4. The first kappa shape index (κ1) is 24.9. The topological polar surface area (TPSA) is 60.9 Å². The molecule has 0 spiro atoms. The molecular weight excluding hydrogens is 483 g/mol. The first-order valence-electron chi connectivity index (χ1n) is 12.2. The highest BCUT2D eigenvalue weighted by atomic mass is 19.4. The molecule has 7 nitrogen and oxygen atoms in total. The lowest BCUT2D eigenvalue weighted by Crippen LogP contribution is -2.46. The molecule has 2 aliphatic heterocycles. The Balaban J connectivity index is 1.23. The minimum absolute atomic E-state index is 0.215. The summed E-state index contributed by atoms with van der Waals surface area (Å²) in [5.74, 6) is 0.121. The van der Waals surface area contributed by atoms with Gasteiger partial charge in [-0.1, -0.05) is 24.3 Å². The van der Waals surface area contributed by atoms with Crippen LogP contribution < -0.4 is 15.0 Å². The van der Waals surface area contributed by atoms with Crippen LogP contribution in [-0.2, 0) is 13.0 Å². The molecule has 0 saturated carbocycles. The van der Waals surface area contributed by atoms with Crippen molar-refractivity contribution < 1.29 is 22.7 Å². The van der Waals surface area contributed by atoms with Gasteiger partial charge in [-0.05, 0) is 60.5 Å². The molecule has 0 unspecified atom stereocenters. The number of hydrogen-bond donors (Lipinski definition) is 1. The van der Waals surface area contributed by atoms with Gasteiger partial charge >= 0.3 is 12.4 Å². The zero-order valence-electron chi connectivity index (χ0n) is 20.5. The molecule has 194 valence electrons. The predicted molar refractivity (Wildman–Crippen MR) is 136 cm³/mol. The number of carbonyl (C=O) groups is 1. The summed E-state index contributed by atoms with van der Waals surface area (Å²) in [5, 5.41) is 2.87. The Morgan fingerprint density at radius 2 is 1.68 bits per heavy atom. The van der Waals surface area contributed by atoms with E-state index in [0.717, 1.165) is 32.6 Å². The molecule has 0 bridgehead atoms. The van der Waals surface area contributed by atoms with Gasteiger partial charge < -0.3 is 19.4 Å². The normalized spacial score (nSPS) is 16.3. The number of fused-ring (bicyclic) bond motifs is 1. The van der Waals surface area contributed by atoms with Gasteiger partial charge in [-0.3, -0.25) is 5.32 Å². The predicted octanol–water partition coefficient (Wildman–Crippen LogP) is 4.99. The lowest BCUT2D eigenvalue weighted by atomic mass is 9.97. The number of ether oxygens (including phenoxy) is 1. The van der Waals surface area contributed by atoms with Crippen molar-refractivity contribution in [3.63, 3.8) is 0 Å². The van der Waals surface area contributed by atoms with Gasteiger partial charge in [-0.2, -0.15) is 0 Å². The highest BCUT2D eigenvalue weighted by Gasteiger charge is 2.31. The molecule has 3 aromatic rings. The molecule has 0 atom stereocenters. The summed E-state index contributed by atoms with van der Waals surface area (Å²) in [5.41, 5.74) is 5.09. The Bertz CT molecular complexity index is 1240. The van der Waals surface area contributed by atoms with E-state index in [0.29, 0.717) is 30.0 Å². The molecule has 1 saturated heterocycles. The summed E-state index contributed by atoms with van der Waals surface area (Å²) in [4.78, 5) is 23.9. The van der Waals surface area contributed by atoms with Crippen molar-refractivity contribution in [3.8, 4) is 16.9 Å². The fraction of sp³-hybridized carbons (Fsp3) is 0.333. The molecule has 0 radical (unpaired) electrons. The third-order valence-corrected chi connectivity index (χ3v) is 6.80. The molecule has 2 amide bonds. The Morgan fingerprint density at radius 3 is 2.35 bits per heavy atom. The van der Waals surface area contributed by atoms with E-state index >= 15 is 0 Å². The van der Waals surface area contributed by atoms with Gasteiger partial charge in [0.05, 0.1) is 0 Å². The molecular formula is C27H28F3N5O2. The molecule has 1 aromatic heterocycles. The summed E-state index contributed by atoms with van der Waals surface area (Å²) in [6, 6.07) is 15.2. The summed E-state index contributed by atoms with van der Waals surface area (Å²) < 4.78 is 41.0. The van der Waals surface area contributed by atoms with Gasteiger partial charge in [-0.15, -0.1) is 13.2 Å². The number of anilines is 2. The number of carbonyl (C=O) groups excluding carboxylic acids is 1. The quantitative estimate of drug-likeness (QED) is 0.535. The van der Waals surface area contributed by atoms with E-state index in [1.54, 1.807) is 23.2 Å². The van der Waals surface area contributed by atoms with Gasteiger partial charge in [0, 0.05) is 56.7 Å². The molecule has 3 heterocycles. The number of hydrogen-bond acceptors (Lipinski definition) is 5. The highest BCUT2D eigenvalue weighted by molar-refractivity contribution is 5.89. The van der Waals surface area contributed by atoms with Gasteiger partial charge in [0.15, 0.2) is 0 Å².